The molecule has 0 saturated carbocycles. The monoisotopic (exact) mass is 225 g/mol. The summed E-state index contributed by atoms with van der Waals surface area (Å²) in [6.07, 6.45) is 0. The molecular weight excluding hydrogens is 206 g/mol. The number of hydrogen-bond acceptors (Lipinski definition) is 3. The Hall–Kier alpha value is -0.670. The van der Waals surface area contributed by atoms with Crippen molar-refractivity contribution in [2.45, 2.75) is 20.4 Å². The third-order valence-corrected chi connectivity index (χ3v) is 2.38. The highest BCUT2D eigenvalue weighted by Gasteiger charge is 1.99. The Morgan fingerprint density at radius 2 is 2.20 bits per heavy atom. The van der Waals surface area contributed by atoms with Gasteiger partial charge < -0.3 is 10.1 Å². The van der Waals surface area contributed by atoms with Gasteiger partial charge in [0.1, 0.15) is 5.75 Å². The van der Waals surface area contributed by atoms with E-state index in [1.165, 1.54) is 11.1 Å². The Kier molecular flexibility index (Phi) is 5.58. The summed E-state index contributed by atoms with van der Waals surface area (Å²) < 4.78 is 5.48. The normalized spacial score (nSPS) is 10.3. The third-order valence-electron chi connectivity index (χ3n) is 2.16. The van der Waals surface area contributed by atoms with E-state index in [1.54, 1.807) is 0 Å². The van der Waals surface area contributed by atoms with Gasteiger partial charge in [-0.1, -0.05) is 12.1 Å². The molecule has 2 nitrogen and oxygen atoms in total. The van der Waals surface area contributed by atoms with Crippen molar-refractivity contribution < 1.29 is 4.74 Å². The van der Waals surface area contributed by atoms with Crippen molar-refractivity contribution in [3.8, 4) is 5.75 Å². The molecule has 3 heteroatoms. The summed E-state index contributed by atoms with van der Waals surface area (Å²) >= 11 is 4.15. The summed E-state index contributed by atoms with van der Waals surface area (Å²) in [6.45, 7) is 6.63. The molecule has 84 valence electrons. The van der Waals surface area contributed by atoms with E-state index in [2.05, 4.69) is 37.0 Å². The number of hydrogen-bond donors (Lipinski definition) is 2. The van der Waals surface area contributed by atoms with Crippen molar-refractivity contribution in [2.75, 3.05) is 18.9 Å². The molecule has 1 N–H and O–H groups in total. The first kappa shape index (κ1) is 12.4. The Morgan fingerprint density at radius 3 is 2.80 bits per heavy atom. The van der Waals surface area contributed by atoms with Gasteiger partial charge in [0, 0.05) is 18.8 Å². The molecule has 0 radical (unpaired) electrons. The van der Waals surface area contributed by atoms with Gasteiger partial charge in [0.25, 0.3) is 0 Å². The molecular formula is C12H19NOS. The second kappa shape index (κ2) is 6.75. The maximum atomic E-state index is 5.48. The fourth-order valence-corrected chi connectivity index (χ4v) is 1.61. The summed E-state index contributed by atoms with van der Waals surface area (Å²) in [5, 5.41) is 3.31. The topological polar surface area (TPSA) is 21.3 Å². The van der Waals surface area contributed by atoms with Crippen LogP contribution in [0.5, 0.6) is 5.75 Å². The highest BCUT2D eigenvalue weighted by Crippen LogP contribution is 2.18. The van der Waals surface area contributed by atoms with Gasteiger partial charge in [-0.25, -0.2) is 0 Å². The SMILES string of the molecule is CCOc1ccc(CNCCS)cc1C. The van der Waals surface area contributed by atoms with Crippen LogP contribution in [0.15, 0.2) is 18.2 Å². The molecule has 0 aliphatic heterocycles. The standard InChI is InChI=1S/C12H19NOS/c1-3-14-12-5-4-11(8-10(12)2)9-13-6-7-15/h4-5,8,13,15H,3,6-7,9H2,1-2H3. The van der Waals surface area contributed by atoms with Crippen LogP contribution in [0.2, 0.25) is 0 Å². The van der Waals surface area contributed by atoms with Crippen LogP contribution in [-0.4, -0.2) is 18.9 Å². The van der Waals surface area contributed by atoms with Gasteiger partial charge >= 0.3 is 0 Å². The lowest BCUT2D eigenvalue weighted by molar-refractivity contribution is 0.338. The number of rotatable bonds is 6. The van der Waals surface area contributed by atoms with Gasteiger partial charge in [-0.2, -0.15) is 12.6 Å². The van der Waals surface area contributed by atoms with Crippen LogP contribution < -0.4 is 10.1 Å². The van der Waals surface area contributed by atoms with E-state index in [0.717, 1.165) is 31.2 Å². The maximum absolute atomic E-state index is 5.48. The molecule has 0 atom stereocenters. The molecule has 1 rings (SSSR count). The number of aryl methyl sites for hydroxylation is 1. The van der Waals surface area contributed by atoms with E-state index in [9.17, 15) is 0 Å². The maximum Gasteiger partial charge on any atom is 0.122 e. The van der Waals surface area contributed by atoms with E-state index in [1.807, 2.05) is 13.0 Å². The van der Waals surface area contributed by atoms with E-state index in [-0.39, 0.29) is 0 Å². The molecule has 1 aromatic carbocycles. The molecule has 0 bridgehead atoms. The summed E-state index contributed by atoms with van der Waals surface area (Å²) in [5.41, 5.74) is 2.49. The average Bonchev–Trinajstić information content (AvgIpc) is 2.23. The lowest BCUT2D eigenvalue weighted by atomic mass is 10.1. The van der Waals surface area contributed by atoms with E-state index in [4.69, 9.17) is 4.74 Å². The number of nitrogens with one attached hydrogen (secondary N) is 1. The molecule has 0 fully saturated rings. The van der Waals surface area contributed by atoms with E-state index < -0.39 is 0 Å². The van der Waals surface area contributed by atoms with E-state index in [0.29, 0.717) is 0 Å². The van der Waals surface area contributed by atoms with Crippen molar-refractivity contribution in [3.05, 3.63) is 29.3 Å². The highest BCUT2D eigenvalue weighted by atomic mass is 32.1. The Morgan fingerprint density at radius 1 is 1.40 bits per heavy atom. The Labute approximate surface area is 97.4 Å². The van der Waals surface area contributed by atoms with Crippen LogP contribution in [0, 0.1) is 6.92 Å². The second-order valence-corrected chi connectivity index (χ2v) is 3.88. The van der Waals surface area contributed by atoms with Crippen molar-refractivity contribution in [2.24, 2.45) is 0 Å². The first-order valence-corrected chi connectivity index (χ1v) is 5.95. The largest absolute Gasteiger partial charge is 0.494 e. The lowest BCUT2D eigenvalue weighted by Gasteiger charge is -2.09. The minimum Gasteiger partial charge on any atom is -0.494 e. The second-order valence-electron chi connectivity index (χ2n) is 3.43. The number of ether oxygens (including phenoxy) is 1. The zero-order chi connectivity index (χ0) is 11.1. The summed E-state index contributed by atoms with van der Waals surface area (Å²) in [6, 6.07) is 6.30. The fraction of sp³-hybridized carbons (Fsp3) is 0.500. The van der Waals surface area contributed by atoms with Crippen molar-refractivity contribution in [1.29, 1.82) is 0 Å². The zero-order valence-electron chi connectivity index (χ0n) is 9.42. The third kappa shape index (κ3) is 4.14. The lowest BCUT2D eigenvalue weighted by Crippen LogP contribution is -2.15. The first-order valence-electron chi connectivity index (χ1n) is 5.31. The predicted octanol–water partition coefficient (Wildman–Crippen LogP) is 2.41. The Bertz CT molecular complexity index is 302. The summed E-state index contributed by atoms with van der Waals surface area (Å²) in [7, 11) is 0. The van der Waals surface area contributed by atoms with Crippen molar-refractivity contribution in [1.82, 2.24) is 5.32 Å². The van der Waals surface area contributed by atoms with Crippen LogP contribution in [0.4, 0.5) is 0 Å². The van der Waals surface area contributed by atoms with Gasteiger partial charge in [-0.05, 0) is 31.0 Å². The predicted molar refractivity (Wildman–Crippen MR) is 67.9 cm³/mol. The van der Waals surface area contributed by atoms with Gasteiger partial charge in [-0.15, -0.1) is 0 Å². The minimum absolute atomic E-state index is 0.720. The smallest absolute Gasteiger partial charge is 0.122 e. The summed E-state index contributed by atoms with van der Waals surface area (Å²) in [5.74, 6) is 1.85. The molecule has 0 heterocycles. The first-order chi connectivity index (χ1) is 7.27. The Balaban J connectivity index is 2.56. The molecule has 0 spiro atoms. The minimum atomic E-state index is 0.720. The highest BCUT2D eigenvalue weighted by molar-refractivity contribution is 7.80. The molecule has 1 aromatic rings. The van der Waals surface area contributed by atoms with Crippen molar-refractivity contribution >= 4 is 12.6 Å². The molecule has 0 aliphatic carbocycles. The van der Waals surface area contributed by atoms with Crippen LogP contribution in [0.25, 0.3) is 0 Å². The number of benzene rings is 1. The molecule has 0 aliphatic rings. The van der Waals surface area contributed by atoms with Crippen LogP contribution in [0.1, 0.15) is 18.1 Å². The van der Waals surface area contributed by atoms with Gasteiger partial charge in [-0.3, -0.25) is 0 Å². The summed E-state index contributed by atoms with van der Waals surface area (Å²) in [4.78, 5) is 0. The van der Waals surface area contributed by atoms with Crippen LogP contribution in [-0.2, 0) is 6.54 Å². The molecule has 15 heavy (non-hydrogen) atoms. The molecule has 0 amide bonds. The van der Waals surface area contributed by atoms with Crippen LogP contribution >= 0.6 is 12.6 Å². The van der Waals surface area contributed by atoms with Gasteiger partial charge in [0.2, 0.25) is 0 Å². The molecule has 0 unspecified atom stereocenters. The average molecular weight is 225 g/mol. The van der Waals surface area contributed by atoms with Crippen molar-refractivity contribution in [3.63, 3.8) is 0 Å². The zero-order valence-corrected chi connectivity index (χ0v) is 10.3. The number of thiol groups is 1. The molecule has 0 aromatic heterocycles. The fourth-order valence-electron chi connectivity index (χ4n) is 1.45. The van der Waals surface area contributed by atoms with E-state index >= 15 is 0 Å². The molecule has 0 saturated heterocycles. The quantitative estimate of drug-likeness (QED) is 0.573. The van der Waals surface area contributed by atoms with Crippen LogP contribution in [0.3, 0.4) is 0 Å². The van der Waals surface area contributed by atoms with Gasteiger partial charge in [0.15, 0.2) is 0 Å². The van der Waals surface area contributed by atoms with Gasteiger partial charge in [0.05, 0.1) is 6.61 Å².